The Bertz CT molecular complexity index is 622. The van der Waals surface area contributed by atoms with Gasteiger partial charge in [0, 0.05) is 12.3 Å². The highest BCUT2D eigenvalue weighted by Crippen LogP contribution is 2.31. The molecule has 5 heteroatoms. The summed E-state index contributed by atoms with van der Waals surface area (Å²) >= 11 is 0. The van der Waals surface area contributed by atoms with Crippen molar-refractivity contribution in [2.75, 3.05) is 6.61 Å². The van der Waals surface area contributed by atoms with Gasteiger partial charge in [-0.1, -0.05) is 38.7 Å². The number of ether oxygens (including phenoxy) is 1. The van der Waals surface area contributed by atoms with E-state index >= 15 is 0 Å². The first-order chi connectivity index (χ1) is 11.5. The molecule has 2 unspecified atom stereocenters. The number of hydrogen-bond donors (Lipinski definition) is 2. The minimum atomic E-state index is -1.03. The Labute approximate surface area is 142 Å². The summed E-state index contributed by atoms with van der Waals surface area (Å²) < 4.78 is 5.45. The van der Waals surface area contributed by atoms with Gasteiger partial charge in [-0.15, -0.1) is 0 Å². The second-order valence-corrected chi connectivity index (χ2v) is 7.03. The predicted octanol–water partition coefficient (Wildman–Crippen LogP) is 3.08. The molecule has 0 spiro atoms. The van der Waals surface area contributed by atoms with Crippen molar-refractivity contribution in [1.82, 2.24) is 5.32 Å². The van der Waals surface area contributed by atoms with Crippen LogP contribution in [0, 0.1) is 11.8 Å². The van der Waals surface area contributed by atoms with Crippen LogP contribution in [0.3, 0.4) is 0 Å². The van der Waals surface area contributed by atoms with Crippen molar-refractivity contribution in [3.63, 3.8) is 0 Å². The first-order valence-corrected chi connectivity index (χ1v) is 8.83. The zero-order chi connectivity index (χ0) is 17.1. The molecular formula is C19H25NO4. The number of aliphatic carboxylic acids is 1. The van der Waals surface area contributed by atoms with Crippen molar-refractivity contribution < 1.29 is 19.4 Å². The van der Waals surface area contributed by atoms with Crippen LogP contribution in [0.4, 0.5) is 0 Å². The number of nitrogens with one attached hydrogen (secondary N) is 1. The first kappa shape index (κ1) is 16.8. The zero-order valence-corrected chi connectivity index (χ0v) is 14.1. The average Bonchev–Trinajstić information content (AvgIpc) is 3.22. The van der Waals surface area contributed by atoms with Crippen LogP contribution in [0.25, 0.3) is 0 Å². The minimum Gasteiger partial charge on any atom is -0.493 e. The van der Waals surface area contributed by atoms with Crippen LogP contribution < -0.4 is 10.1 Å². The molecule has 130 valence electrons. The lowest BCUT2D eigenvalue weighted by Crippen LogP contribution is -2.37. The van der Waals surface area contributed by atoms with Crippen LogP contribution in [0.1, 0.15) is 56.2 Å². The predicted molar refractivity (Wildman–Crippen MR) is 89.9 cm³/mol. The van der Waals surface area contributed by atoms with Gasteiger partial charge in [-0.2, -0.15) is 0 Å². The number of fused-ring (bicyclic) bond motifs is 1. The summed E-state index contributed by atoms with van der Waals surface area (Å²) in [6.07, 6.45) is 6.48. The molecule has 5 nitrogen and oxygen atoms in total. The summed E-state index contributed by atoms with van der Waals surface area (Å²) in [6.45, 7) is 2.52. The highest BCUT2D eigenvalue weighted by molar-refractivity contribution is 5.85. The quantitative estimate of drug-likeness (QED) is 0.840. The zero-order valence-electron chi connectivity index (χ0n) is 14.1. The molecule has 1 heterocycles. The van der Waals surface area contributed by atoms with Crippen molar-refractivity contribution in [3.05, 3.63) is 29.3 Å². The van der Waals surface area contributed by atoms with E-state index in [1.807, 2.05) is 13.0 Å². The molecule has 1 aliphatic carbocycles. The molecule has 0 radical (unpaired) electrons. The lowest BCUT2D eigenvalue weighted by atomic mass is 9.93. The minimum absolute atomic E-state index is 0.160. The van der Waals surface area contributed by atoms with Gasteiger partial charge in [0.2, 0.25) is 5.91 Å². The molecule has 1 fully saturated rings. The third-order valence-corrected chi connectivity index (χ3v) is 5.19. The second kappa shape index (κ2) is 7.24. The molecule has 1 amide bonds. The fourth-order valence-electron chi connectivity index (χ4n) is 3.81. The molecule has 3 rings (SSSR count). The third-order valence-electron chi connectivity index (χ3n) is 5.19. The van der Waals surface area contributed by atoms with Crippen LogP contribution in [0.5, 0.6) is 5.75 Å². The van der Waals surface area contributed by atoms with Gasteiger partial charge >= 0.3 is 5.97 Å². The summed E-state index contributed by atoms with van der Waals surface area (Å²) in [6, 6.07) is 4.35. The average molecular weight is 331 g/mol. The van der Waals surface area contributed by atoms with E-state index < -0.39 is 12.0 Å². The Morgan fingerprint density at radius 3 is 2.79 bits per heavy atom. The summed E-state index contributed by atoms with van der Waals surface area (Å²) in [5, 5.41) is 12.3. The van der Waals surface area contributed by atoms with E-state index in [1.54, 1.807) is 12.1 Å². The van der Waals surface area contributed by atoms with E-state index in [1.165, 1.54) is 25.7 Å². The molecule has 0 bridgehead atoms. The number of hydrogen-bond acceptors (Lipinski definition) is 3. The number of carbonyl (C=O) groups is 2. The number of rotatable bonds is 6. The number of benzene rings is 1. The summed E-state index contributed by atoms with van der Waals surface area (Å²) in [5.74, 6) is 0.0454. The largest absolute Gasteiger partial charge is 0.493 e. The standard InChI is InChI=1S/C19H25NO4/c1-12(10-13-4-2-3-5-13)18(21)20-17(19(22)23)15-6-7-16-14(11-15)8-9-24-16/h6-7,11-13,17H,2-5,8-10H2,1H3,(H,20,21)(H,22,23). The van der Waals surface area contributed by atoms with Crippen LogP contribution in [-0.2, 0) is 16.0 Å². The topological polar surface area (TPSA) is 75.6 Å². The van der Waals surface area contributed by atoms with Gasteiger partial charge in [-0.3, -0.25) is 4.79 Å². The van der Waals surface area contributed by atoms with E-state index in [9.17, 15) is 14.7 Å². The molecule has 1 saturated carbocycles. The molecule has 1 aromatic carbocycles. The van der Waals surface area contributed by atoms with Crippen molar-refractivity contribution in [1.29, 1.82) is 0 Å². The van der Waals surface area contributed by atoms with Crippen LogP contribution in [0.2, 0.25) is 0 Å². The summed E-state index contributed by atoms with van der Waals surface area (Å²) in [4.78, 5) is 24.1. The first-order valence-electron chi connectivity index (χ1n) is 8.83. The van der Waals surface area contributed by atoms with Gasteiger partial charge in [0.25, 0.3) is 0 Å². The number of carboxylic acids is 1. The third kappa shape index (κ3) is 3.71. The van der Waals surface area contributed by atoms with Gasteiger partial charge in [0.15, 0.2) is 6.04 Å². The fourth-order valence-corrected chi connectivity index (χ4v) is 3.81. The molecular weight excluding hydrogens is 306 g/mol. The Balaban J connectivity index is 1.67. The molecule has 1 aliphatic heterocycles. The summed E-state index contributed by atoms with van der Waals surface area (Å²) in [5.41, 5.74) is 1.61. The van der Waals surface area contributed by atoms with E-state index in [0.29, 0.717) is 18.1 Å². The van der Waals surface area contributed by atoms with Crippen LogP contribution in [0.15, 0.2) is 18.2 Å². The van der Waals surface area contributed by atoms with E-state index in [4.69, 9.17) is 4.74 Å². The highest BCUT2D eigenvalue weighted by Gasteiger charge is 2.28. The lowest BCUT2D eigenvalue weighted by Gasteiger charge is -2.20. The van der Waals surface area contributed by atoms with Crippen molar-refractivity contribution in [2.45, 2.75) is 51.5 Å². The summed E-state index contributed by atoms with van der Waals surface area (Å²) in [7, 11) is 0. The second-order valence-electron chi connectivity index (χ2n) is 7.03. The number of amides is 1. The van der Waals surface area contributed by atoms with Crippen molar-refractivity contribution >= 4 is 11.9 Å². The van der Waals surface area contributed by atoms with Crippen LogP contribution >= 0.6 is 0 Å². The molecule has 2 aliphatic rings. The van der Waals surface area contributed by atoms with Crippen molar-refractivity contribution in [2.24, 2.45) is 11.8 Å². The molecule has 24 heavy (non-hydrogen) atoms. The smallest absolute Gasteiger partial charge is 0.330 e. The Hall–Kier alpha value is -2.04. The van der Waals surface area contributed by atoms with Gasteiger partial charge in [0.1, 0.15) is 5.75 Å². The highest BCUT2D eigenvalue weighted by atomic mass is 16.5. The number of carbonyl (C=O) groups excluding carboxylic acids is 1. The molecule has 2 N–H and O–H groups in total. The Kier molecular flexibility index (Phi) is 5.07. The maximum atomic E-state index is 12.5. The van der Waals surface area contributed by atoms with Gasteiger partial charge in [0.05, 0.1) is 6.61 Å². The molecule has 0 saturated heterocycles. The van der Waals surface area contributed by atoms with Gasteiger partial charge in [-0.25, -0.2) is 4.79 Å². The fraction of sp³-hybridized carbons (Fsp3) is 0.579. The monoisotopic (exact) mass is 331 g/mol. The Morgan fingerprint density at radius 1 is 1.33 bits per heavy atom. The lowest BCUT2D eigenvalue weighted by molar-refractivity contribution is -0.142. The maximum absolute atomic E-state index is 12.5. The van der Waals surface area contributed by atoms with Gasteiger partial charge in [-0.05, 0) is 35.6 Å². The van der Waals surface area contributed by atoms with Gasteiger partial charge < -0.3 is 15.2 Å². The Morgan fingerprint density at radius 2 is 2.08 bits per heavy atom. The molecule has 2 atom stereocenters. The molecule has 1 aromatic rings. The maximum Gasteiger partial charge on any atom is 0.330 e. The van der Waals surface area contributed by atoms with Crippen LogP contribution in [-0.4, -0.2) is 23.6 Å². The normalized spacial score (nSPS) is 19.4. The van der Waals surface area contributed by atoms with E-state index in [0.717, 1.165) is 24.2 Å². The van der Waals surface area contributed by atoms with E-state index in [-0.39, 0.29) is 11.8 Å². The SMILES string of the molecule is CC(CC1CCCC1)C(=O)NC(C(=O)O)c1ccc2c(c1)CCO2. The van der Waals surface area contributed by atoms with Crippen molar-refractivity contribution in [3.8, 4) is 5.75 Å². The van der Waals surface area contributed by atoms with E-state index in [2.05, 4.69) is 5.32 Å². The molecule has 0 aromatic heterocycles. The number of carboxylic acid groups (broad SMARTS) is 1.